The molecule has 3 rings (SSSR count). The standard InChI is InChI=1S/C16H21N5O2.HI/c1-17-16(19-6-8-21-7-5-18-12-21)20-13-3-4-14-15(11-13)23-10-2-9-22-14;/h3-5,7,11-12H,2,6,8-10H2,1H3,(H2,17,19,20);1H. The molecule has 1 aliphatic rings. The van der Waals surface area contributed by atoms with Gasteiger partial charge in [-0.1, -0.05) is 0 Å². The van der Waals surface area contributed by atoms with Crippen molar-refractivity contribution in [3.05, 3.63) is 36.9 Å². The summed E-state index contributed by atoms with van der Waals surface area (Å²) in [4.78, 5) is 8.25. The van der Waals surface area contributed by atoms with Crippen LogP contribution < -0.4 is 20.1 Å². The average molecular weight is 443 g/mol. The third kappa shape index (κ3) is 5.02. The molecule has 0 spiro atoms. The van der Waals surface area contributed by atoms with E-state index in [1.54, 1.807) is 19.6 Å². The molecule has 2 heterocycles. The Morgan fingerprint density at radius 2 is 2.12 bits per heavy atom. The van der Waals surface area contributed by atoms with Gasteiger partial charge in [-0.25, -0.2) is 4.98 Å². The summed E-state index contributed by atoms with van der Waals surface area (Å²) in [7, 11) is 1.75. The lowest BCUT2D eigenvalue weighted by Crippen LogP contribution is -2.33. The van der Waals surface area contributed by atoms with Gasteiger partial charge >= 0.3 is 0 Å². The number of anilines is 1. The number of nitrogens with zero attached hydrogens (tertiary/aromatic N) is 3. The van der Waals surface area contributed by atoms with Gasteiger partial charge in [0, 0.05) is 50.7 Å². The van der Waals surface area contributed by atoms with Crippen LogP contribution in [0.1, 0.15) is 6.42 Å². The van der Waals surface area contributed by atoms with Gasteiger partial charge in [0.2, 0.25) is 0 Å². The summed E-state index contributed by atoms with van der Waals surface area (Å²) in [5.41, 5.74) is 0.907. The van der Waals surface area contributed by atoms with Crippen LogP contribution in [-0.4, -0.2) is 42.3 Å². The number of nitrogens with one attached hydrogen (secondary N) is 2. The fourth-order valence-electron chi connectivity index (χ4n) is 2.28. The van der Waals surface area contributed by atoms with Crippen LogP contribution in [-0.2, 0) is 6.54 Å². The summed E-state index contributed by atoms with van der Waals surface area (Å²) in [5, 5.41) is 6.52. The number of aromatic nitrogens is 2. The van der Waals surface area contributed by atoms with Gasteiger partial charge in [-0.3, -0.25) is 4.99 Å². The Bertz CT molecular complexity index is 660. The summed E-state index contributed by atoms with van der Waals surface area (Å²) in [5.74, 6) is 2.26. The van der Waals surface area contributed by atoms with Crippen molar-refractivity contribution in [2.45, 2.75) is 13.0 Å². The zero-order valence-electron chi connectivity index (χ0n) is 13.6. The highest BCUT2D eigenvalue weighted by molar-refractivity contribution is 14.0. The predicted octanol–water partition coefficient (Wildman–Crippen LogP) is 2.35. The smallest absolute Gasteiger partial charge is 0.195 e. The minimum atomic E-state index is 0. The summed E-state index contributed by atoms with van der Waals surface area (Å²) in [6.45, 7) is 2.94. The number of hydrogen-bond donors (Lipinski definition) is 2. The van der Waals surface area contributed by atoms with E-state index in [9.17, 15) is 0 Å². The number of benzene rings is 1. The van der Waals surface area contributed by atoms with Crippen LogP contribution in [0.5, 0.6) is 11.5 Å². The van der Waals surface area contributed by atoms with E-state index in [0.717, 1.165) is 36.7 Å². The number of rotatable bonds is 4. The third-order valence-corrected chi connectivity index (χ3v) is 3.46. The number of ether oxygens (including phenoxy) is 2. The van der Waals surface area contributed by atoms with Gasteiger partial charge in [-0.05, 0) is 12.1 Å². The summed E-state index contributed by atoms with van der Waals surface area (Å²) < 4.78 is 13.3. The Balaban J connectivity index is 0.00000208. The lowest BCUT2D eigenvalue weighted by molar-refractivity contribution is 0.297. The summed E-state index contributed by atoms with van der Waals surface area (Å²) in [6.07, 6.45) is 6.39. The molecule has 0 amide bonds. The van der Waals surface area contributed by atoms with Crippen LogP contribution in [0.15, 0.2) is 41.9 Å². The molecule has 0 aliphatic carbocycles. The highest BCUT2D eigenvalue weighted by Crippen LogP contribution is 2.32. The first-order valence-electron chi connectivity index (χ1n) is 7.68. The summed E-state index contributed by atoms with van der Waals surface area (Å²) >= 11 is 0. The van der Waals surface area contributed by atoms with Gasteiger partial charge in [0.15, 0.2) is 17.5 Å². The molecule has 1 aromatic carbocycles. The SMILES string of the molecule is CN=C(NCCn1ccnc1)Nc1ccc2c(c1)OCCCO2.I. The van der Waals surface area contributed by atoms with E-state index in [2.05, 4.69) is 20.6 Å². The van der Waals surface area contributed by atoms with Gasteiger partial charge in [0.05, 0.1) is 19.5 Å². The third-order valence-electron chi connectivity index (χ3n) is 3.46. The van der Waals surface area contributed by atoms with E-state index < -0.39 is 0 Å². The topological polar surface area (TPSA) is 72.7 Å². The largest absolute Gasteiger partial charge is 0.490 e. The molecule has 7 nitrogen and oxygen atoms in total. The van der Waals surface area contributed by atoms with Crippen LogP contribution in [0.3, 0.4) is 0 Å². The van der Waals surface area contributed by atoms with Crippen molar-refractivity contribution in [3.8, 4) is 11.5 Å². The van der Waals surface area contributed by atoms with Crippen molar-refractivity contribution in [3.63, 3.8) is 0 Å². The predicted molar refractivity (Wildman–Crippen MR) is 105 cm³/mol. The molecule has 8 heteroatoms. The number of guanidine groups is 1. The number of imidazole rings is 1. The minimum absolute atomic E-state index is 0. The molecular weight excluding hydrogens is 421 g/mol. The molecule has 1 aromatic heterocycles. The minimum Gasteiger partial charge on any atom is -0.490 e. The zero-order valence-corrected chi connectivity index (χ0v) is 15.9. The Morgan fingerprint density at radius 1 is 1.29 bits per heavy atom. The second-order valence-electron chi connectivity index (χ2n) is 5.14. The quantitative estimate of drug-likeness (QED) is 0.431. The molecule has 1 aliphatic heterocycles. The highest BCUT2D eigenvalue weighted by atomic mass is 127. The van der Waals surface area contributed by atoms with Crippen LogP contribution in [0, 0.1) is 0 Å². The Morgan fingerprint density at radius 3 is 2.88 bits per heavy atom. The van der Waals surface area contributed by atoms with E-state index >= 15 is 0 Å². The molecule has 0 unspecified atom stereocenters. The maximum atomic E-state index is 5.70. The summed E-state index contributed by atoms with van der Waals surface area (Å²) in [6, 6.07) is 5.81. The van der Waals surface area contributed by atoms with Gasteiger partial charge in [0.25, 0.3) is 0 Å². The molecule has 0 fully saturated rings. The van der Waals surface area contributed by atoms with E-state index in [4.69, 9.17) is 9.47 Å². The molecule has 0 atom stereocenters. The maximum absolute atomic E-state index is 5.70. The van der Waals surface area contributed by atoms with Gasteiger partial charge in [0.1, 0.15) is 0 Å². The van der Waals surface area contributed by atoms with Gasteiger partial charge < -0.3 is 24.7 Å². The number of hydrogen-bond acceptors (Lipinski definition) is 4. The number of fused-ring (bicyclic) bond motifs is 1. The van der Waals surface area contributed by atoms with Crippen molar-refractivity contribution in [2.75, 3.05) is 32.1 Å². The average Bonchev–Trinajstić information content (AvgIpc) is 2.98. The van der Waals surface area contributed by atoms with Crippen molar-refractivity contribution >= 4 is 35.6 Å². The van der Waals surface area contributed by atoms with Crippen LogP contribution in [0.2, 0.25) is 0 Å². The lowest BCUT2D eigenvalue weighted by Gasteiger charge is -2.14. The number of halogens is 1. The molecule has 24 heavy (non-hydrogen) atoms. The first kappa shape index (κ1) is 18.4. The molecule has 0 saturated heterocycles. The van der Waals surface area contributed by atoms with Crippen molar-refractivity contribution in [1.29, 1.82) is 0 Å². The second kappa shape index (κ2) is 9.36. The first-order valence-corrected chi connectivity index (χ1v) is 7.68. The Kier molecular flexibility index (Phi) is 7.16. The molecule has 0 radical (unpaired) electrons. The molecular formula is C16H22IN5O2. The highest BCUT2D eigenvalue weighted by Gasteiger charge is 2.11. The van der Waals surface area contributed by atoms with Crippen LogP contribution >= 0.6 is 24.0 Å². The maximum Gasteiger partial charge on any atom is 0.195 e. The van der Waals surface area contributed by atoms with Crippen molar-refractivity contribution in [1.82, 2.24) is 14.9 Å². The first-order chi connectivity index (χ1) is 11.3. The Hall–Kier alpha value is -1.97. The van der Waals surface area contributed by atoms with E-state index in [1.165, 1.54) is 0 Å². The zero-order chi connectivity index (χ0) is 15.9. The van der Waals surface area contributed by atoms with Crippen LogP contribution in [0.25, 0.3) is 0 Å². The van der Waals surface area contributed by atoms with Crippen molar-refractivity contribution in [2.24, 2.45) is 4.99 Å². The van der Waals surface area contributed by atoms with Gasteiger partial charge in [-0.15, -0.1) is 24.0 Å². The van der Waals surface area contributed by atoms with Crippen molar-refractivity contribution < 1.29 is 9.47 Å². The van der Waals surface area contributed by atoms with E-state index in [0.29, 0.717) is 19.2 Å². The Labute approximate surface area is 158 Å². The monoisotopic (exact) mass is 443 g/mol. The number of aliphatic imine (C=N–C) groups is 1. The second-order valence-corrected chi connectivity index (χ2v) is 5.14. The molecule has 0 saturated carbocycles. The molecule has 130 valence electrons. The van der Waals surface area contributed by atoms with E-state index in [1.807, 2.05) is 29.0 Å². The fraction of sp³-hybridized carbons (Fsp3) is 0.375. The fourth-order valence-corrected chi connectivity index (χ4v) is 2.28. The lowest BCUT2D eigenvalue weighted by atomic mass is 10.3. The molecule has 2 N–H and O–H groups in total. The van der Waals surface area contributed by atoms with E-state index in [-0.39, 0.29) is 24.0 Å². The molecule has 2 aromatic rings. The normalized spacial score (nSPS) is 13.6. The van der Waals surface area contributed by atoms with Gasteiger partial charge in [-0.2, -0.15) is 0 Å². The molecule has 0 bridgehead atoms. The van der Waals surface area contributed by atoms with Crippen LogP contribution in [0.4, 0.5) is 5.69 Å².